The second kappa shape index (κ2) is 8.52. The zero-order valence-corrected chi connectivity index (χ0v) is 17.2. The summed E-state index contributed by atoms with van der Waals surface area (Å²) in [4.78, 5) is 39.1. The molecule has 0 bridgehead atoms. The molecule has 2 aromatic rings. The van der Waals surface area contributed by atoms with Gasteiger partial charge in [-0.05, 0) is 49.4 Å². The van der Waals surface area contributed by atoms with E-state index in [0.29, 0.717) is 18.0 Å². The van der Waals surface area contributed by atoms with Crippen molar-refractivity contribution >= 4 is 29.1 Å². The molecule has 3 amide bonds. The van der Waals surface area contributed by atoms with Crippen LogP contribution in [0.25, 0.3) is 0 Å². The Morgan fingerprint density at radius 1 is 1.12 bits per heavy atom. The lowest BCUT2D eigenvalue weighted by Gasteiger charge is -2.20. The fourth-order valence-electron chi connectivity index (χ4n) is 3.59. The van der Waals surface area contributed by atoms with Gasteiger partial charge in [-0.25, -0.2) is 4.90 Å². The third-order valence-corrected chi connectivity index (χ3v) is 5.04. The molecular weight excluding hydrogens is 443 g/mol. The summed E-state index contributed by atoms with van der Waals surface area (Å²) in [5, 5.41) is 11.0. The van der Waals surface area contributed by atoms with Crippen LogP contribution < -0.4 is 15.0 Å². The molecule has 2 heterocycles. The molecule has 33 heavy (non-hydrogen) atoms. The maximum absolute atomic E-state index is 13.0. The highest BCUT2D eigenvalue weighted by Crippen LogP contribution is 2.33. The Kier molecular flexibility index (Phi) is 5.75. The molecule has 0 aromatic heterocycles. The van der Waals surface area contributed by atoms with Gasteiger partial charge >= 0.3 is 6.18 Å². The van der Waals surface area contributed by atoms with Gasteiger partial charge in [0.15, 0.2) is 12.1 Å². The fourth-order valence-corrected chi connectivity index (χ4v) is 3.59. The second-order valence-electron chi connectivity index (χ2n) is 7.26. The van der Waals surface area contributed by atoms with Gasteiger partial charge < -0.3 is 10.1 Å². The number of hydrogen-bond acceptors (Lipinski definition) is 7. The van der Waals surface area contributed by atoms with Gasteiger partial charge in [-0.15, -0.1) is 0 Å². The number of hydrogen-bond donors (Lipinski definition) is 1. The van der Waals surface area contributed by atoms with E-state index < -0.39 is 48.1 Å². The Hall–Kier alpha value is -3.96. The molecule has 2 aliphatic heterocycles. The third kappa shape index (κ3) is 4.36. The maximum Gasteiger partial charge on any atom is 0.416 e. The Bertz CT molecular complexity index is 1120. The minimum Gasteiger partial charge on any atom is -0.494 e. The predicted molar refractivity (Wildman–Crippen MR) is 109 cm³/mol. The highest BCUT2D eigenvalue weighted by Gasteiger charge is 2.55. The van der Waals surface area contributed by atoms with Crippen molar-refractivity contribution in [2.75, 3.05) is 23.4 Å². The average molecular weight is 461 g/mol. The number of ether oxygens (including phenoxy) is 1. The van der Waals surface area contributed by atoms with Crippen molar-refractivity contribution < 1.29 is 32.3 Å². The quantitative estimate of drug-likeness (QED) is 0.666. The van der Waals surface area contributed by atoms with Crippen molar-refractivity contribution in [2.45, 2.75) is 25.2 Å². The number of rotatable bonds is 6. The molecule has 172 valence electrons. The molecule has 2 atom stereocenters. The first-order chi connectivity index (χ1) is 15.7. The molecule has 0 aliphatic carbocycles. The van der Waals surface area contributed by atoms with Crippen LogP contribution in [0.5, 0.6) is 5.75 Å². The number of amides is 3. The van der Waals surface area contributed by atoms with Crippen LogP contribution in [0.15, 0.2) is 58.9 Å². The molecule has 0 saturated carbocycles. The molecule has 0 radical (unpaired) electrons. The number of carbonyl (C=O) groups is 3. The van der Waals surface area contributed by atoms with E-state index in [-0.39, 0.29) is 5.69 Å². The number of carbonyl (C=O) groups excluding carboxylic acids is 3. The Morgan fingerprint density at radius 3 is 2.52 bits per heavy atom. The van der Waals surface area contributed by atoms with E-state index >= 15 is 0 Å². The number of nitrogens with one attached hydrogen (secondary N) is 1. The number of fused-ring (bicyclic) bond motifs is 1. The molecule has 0 unspecified atom stereocenters. The zero-order valence-electron chi connectivity index (χ0n) is 17.2. The lowest BCUT2D eigenvalue weighted by Crippen LogP contribution is -2.43. The normalized spacial score (nSPS) is 19.8. The van der Waals surface area contributed by atoms with Gasteiger partial charge in [0, 0.05) is 5.69 Å². The van der Waals surface area contributed by atoms with Gasteiger partial charge in [0.25, 0.3) is 11.8 Å². The van der Waals surface area contributed by atoms with Crippen LogP contribution in [0, 0.1) is 0 Å². The van der Waals surface area contributed by atoms with Crippen molar-refractivity contribution in [2.24, 2.45) is 10.3 Å². The molecule has 1 saturated heterocycles. The van der Waals surface area contributed by atoms with Crippen LogP contribution in [-0.4, -0.2) is 48.0 Å². The van der Waals surface area contributed by atoms with Crippen molar-refractivity contribution in [3.05, 3.63) is 54.1 Å². The van der Waals surface area contributed by atoms with Gasteiger partial charge in [0.1, 0.15) is 12.3 Å². The predicted octanol–water partition coefficient (Wildman–Crippen LogP) is 3.04. The second-order valence-corrected chi connectivity index (χ2v) is 7.26. The molecule has 2 aromatic carbocycles. The molecule has 9 nitrogen and oxygen atoms in total. The lowest BCUT2D eigenvalue weighted by molar-refractivity contribution is -0.137. The van der Waals surface area contributed by atoms with E-state index in [1.54, 1.807) is 24.3 Å². The zero-order chi connectivity index (χ0) is 23.8. The van der Waals surface area contributed by atoms with Gasteiger partial charge in [-0.3, -0.25) is 19.4 Å². The first kappa shape index (κ1) is 22.2. The number of anilines is 2. The highest BCUT2D eigenvalue weighted by atomic mass is 19.4. The van der Waals surface area contributed by atoms with Gasteiger partial charge in [-0.1, -0.05) is 11.3 Å². The maximum atomic E-state index is 13.0. The summed E-state index contributed by atoms with van der Waals surface area (Å²) in [5.41, 5.74) is -0.650. The minimum absolute atomic E-state index is 0.0626. The Balaban J connectivity index is 1.45. The molecule has 2 aliphatic rings. The van der Waals surface area contributed by atoms with Gasteiger partial charge in [0.05, 0.1) is 17.9 Å². The monoisotopic (exact) mass is 461 g/mol. The van der Waals surface area contributed by atoms with Crippen molar-refractivity contribution in [3.63, 3.8) is 0 Å². The van der Waals surface area contributed by atoms with E-state index in [9.17, 15) is 27.6 Å². The summed E-state index contributed by atoms with van der Waals surface area (Å²) in [6.45, 7) is 1.81. The Labute approximate surface area is 185 Å². The van der Waals surface area contributed by atoms with Crippen LogP contribution in [0.1, 0.15) is 12.5 Å². The lowest BCUT2D eigenvalue weighted by atomic mass is 10.1. The van der Waals surface area contributed by atoms with E-state index in [4.69, 9.17) is 4.74 Å². The topological polar surface area (TPSA) is 104 Å². The number of alkyl halides is 3. The summed E-state index contributed by atoms with van der Waals surface area (Å²) in [7, 11) is 0. The summed E-state index contributed by atoms with van der Waals surface area (Å²) < 4.78 is 44.0. The van der Waals surface area contributed by atoms with Crippen LogP contribution in [0.3, 0.4) is 0 Å². The van der Waals surface area contributed by atoms with Crippen molar-refractivity contribution in [3.8, 4) is 5.75 Å². The summed E-state index contributed by atoms with van der Waals surface area (Å²) in [6, 6.07) is 8.29. The largest absolute Gasteiger partial charge is 0.494 e. The standard InChI is InChI=1S/C21H18F3N5O4/c1-2-33-15-8-6-14(7-9-15)29-19(31)17-18(20(29)32)28(27-26-17)11-16(30)25-13-5-3-4-12(10-13)21(22,23)24/h3-10,17-18H,2,11H2,1H3,(H,25,30)/t17-,18+/m1/s1. The number of halogens is 3. The fraction of sp³-hybridized carbons (Fsp3) is 0.286. The summed E-state index contributed by atoms with van der Waals surface area (Å²) >= 11 is 0. The van der Waals surface area contributed by atoms with E-state index in [0.717, 1.165) is 28.1 Å². The third-order valence-electron chi connectivity index (χ3n) is 5.04. The van der Waals surface area contributed by atoms with Crippen LogP contribution >= 0.6 is 0 Å². The molecular formula is C21H18F3N5O4. The van der Waals surface area contributed by atoms with Gasteiger partial charge in [-0.2, -0.15) is 18.3 Å². The van der Waals surface area contributed by atoms with Crippen LogP contribution in [0.4, 0.5) is 24.5 Å². The van der Waals surface area contributed by atoms with Crippen molar-refractivity contribution in [1.29, 1.82) is 0 Å². The van der Waals surface area contributed by atoms with Crippen LogP contribution in [0.2, 0.25) is 0 Å². The number of benzene rings is 2. The van der Waals surface area contributed by atoms with Crippen molar-refractivity contribution in [1.82, 2.24) is 5.01 Å². The number of nitrogens with zero attached hydrogens (tertiary/aromatic N) is 4. The molecule has 12 heteroatoms. The molecule has 0 spiro atoms. The smallest absolute Gasteiger partial charge is 0.416 e. The first-order valence-corrected chi connectivity index (χ1v) is 9.94. The van der Waals surface area contributed by atoms with E-state index in [2.05, 4.69) is 15.7 Å². The molecule has 1 fully saturated rings. The van der Waals surface area contributed by atoms with E-state index in [1.807, 2.05) is 6.92 Å². The van der Waals surface area contributed by atoms with Crippen LogP contribution in [-0.2, 0) is 20.6 Å². The minimum atomic E-state index is -4.56. The summed E-state index contributed by atoms with van der Waals surface area (Å²) in [5.74, 6) is -1.33. The first-order valence-electron chi connectivity index (χ1n) is 9.94. The number of imide groups is 1. The molecule has 1 N–H and O–H groups in total. The molecule has 4 rings (SSSR count). The Morgan fingerprint density at radius 2 is 1.85 bits per heavy atom. The average Bonchev–Trinajstić information content (AvgIpc) is 3.28. The SMILES string of the molecule is CCOc1ccc(N2C(=O)[C@@H]3[C@@H](N=NN3CC(=O)Nc3cccc(C(F)(F)F)c3)C2=O)cc1. The highest BCUT2D eigenvalue weighted by molar-refractivity contribution is 6.25. The van der Waals surface area contributed by atoms with E-state index in [1.165, 1.54) is 6.07 Å². The summed E-state index contributed by atoms with van der Waals surface area (Å²) in [6.07, 6.45) is -4.56. The van der Waals surface area contributed by atoms with Gasteiger partial charge in [0.2, 0.25) is 5.91 Å².